The summed E-state index contributed by atoms with van der Waals surface area (Å²) in [6.45, 7) is -0.168. The van der Waals surface area contributed by atoms with E-state index in [4.69, 9.17) is 4.74 Å². The predicted molar refractivity (Wildman–Crippen MR) is 92.8 cm³/mol. The Kier molecular flexibility index (Phi) is 5.09. The summed E-state index contributed by atoms with van der Waals surface area (Å²) < 4.78 is 33.6. The number of hydrogen-bond acceptors (Lipinski definition) is 8. The summed E-state index contributed by atoms with van der Waals surface area (Å²) in [6.07, 6.45) is 0. The van der Waals surface area contributed by atoms with Gasteiger partial charge in [-0.05, 0) is 46.8 Å². The highest BCUT2D eigenvalue weighted by Crippen LogP contribution is 2.17. The van der Waals surface area contributed by atoms with Crippen LogP contribution in [0.1, 0.15) is 5.82 Å². The highest BCUT2D eigenvalue weighted by molar-refractivity contribution is 7.89. The number of hydrogen-bond donors (Lipinski definition) is 1. The van der Waals surface area contributed by atoms with Crippen molar-refractivity contribution in [1.29, 1.82) is 0 Å². The monoisotopic (exact) mass is 390 g/mol. The van der Waals surface area contributed by atoms with Gasteiger partial charge < -0.3 is 4.74 Å². The fourth-order valence-corrected chi connectivity index (χ4v) is 3.21. The number of nitrogens with one attached hydrogen (secondary N) is 1. The van der Waals surface area contributed by atoms with Crippen LogP contribution in [0.3, 0.4) is 0 Å². The maximum absolute atomic E-state index is 12.4. The molecule has 0 saturated carbocycles. The van der Waals surface area contributed by atoms with Gasteiger partial charge in [0, 0.05) is 12.1 Å². The van der Waals surface area contributed by atoms with Gasteiger partial charge in [-0.1, -0.05) is 0 Å². The summed E-state index contributed by atoms with van der Waals surface area (Å²) in [6, 6.07) is 11.5. The highest BCUT2D eigenvalue weighted by Gasteiger charge is 2.18. The molecule has 0 spiro atoms. The molecule has 140 valence electrons. The molecule has 3 rings (SSSR count). The van der Waals surface area contributed by atoms with Crippen molar-refractivity contribution in [2.24, 2.45) is 0 Å². The smallest absolute Gasteiger partial charge is 0.269 e. The Bertz CT molecular complexity index is 1050. The number of benzene rings is 2. The average molecular weight is 390 g/mol. The van der Waals surface area contributed by atoms with Gasteiger partial charge in [0.25, 0.3) is 5.69 Å². The third-order valence-electron chi connectivity index (χ3n) is 3.63. The normalized spacial score (nSPS) is 11.3. The van der Waals surface area contributed by atoms with Crippen LogP contribution in [0, 0.1) is 10.1 Å². The van der Waals surface area contributed by atoms with Gasteiger partial charge in [0.2, 0.25) is 10.0 Å². The van der Waals surface area contributed by atoms with Gasteiger partial charge in [-0.15, -0.1) is 5.10 Å². The van der Waals surface area contributed by atoms with Gasteiger partial charge >= 0.3 is 0 Å². The van der Waals surface area contributed by atoms with Crippen molar-refractivity contribution in [3.63, 3.8) is 0 Å². The molecular weight excluding hydrogens is 376 g/mol. The zero-order valence-electron chi connectivity index (χ0n) is 14.0. The largest absolute Gasteiger partial charge is 0.497 e. The lowest BCUT2D eigenvalue weighted by molar-refractivity contribution is -0.384. The molecule has 0 unspecified atom stereocenters. The Balaban J connectivity index is 1.76. The molecule has 12 heteroatoms. The summed E-state index contributed by atoms with van der Waals surface area (Å²) in [5, 5.41) is 21.9. The number of aromatic nitrogens is 4. The Morgan fingerprint density at radius 3 is 2.41 bits per heavy atom. The first-order chi connectivity index (χ1) is 12.9. The minimum atomic E-state index is -3.89. The van der Waals surface area contributed by atoms with Crippen LogP contribution in [0.15, 0.2) is 53.4 Å². The number of tetrazole rings is 1. The number of ether oxygens (including phenoxy) is 1. The predicted octanol–water partition coefficient (Wildman–Crippen LogP) is 1.06. The molecule has 0 aliphatic heterocycles. The minimum Gasteiger partial charge on any atom is -0.497 e. The summed E-state index contributed by atoms with van der Waals surface area (Å²) in [4.78, 5) is 9.96. The molecular formula is C15H14N6O5S. The molecule has 0 aliphatic carbocycles. The topological polar surface area (TPSA) is 142 Å². The Morgan fingerprint density at radius 2 is 1.81 bits per heavy atom. The van der Waals surface area contributed by atoms with Crippen molar-refractivity contribution in [2.75, 3.05) is 7.11 Å². The van der Waals surface area contributed by atoms with E-state index in [2.05, 4.69) is 20.2 Å². The van der Waals surface area contributed by atoms with E-state index in [0.29, 0.717) is 11.4 Å². The van der Waals surface area contributed by atoms with E-state index in [-0.39, 0.29) is 23.0 Å². The van der Waals surface area contributed by atoms with E-state index in [1.54, 1.807) is 31.4 Å². The van der Waals surface area contributed by atoms with Crippen LogP contribution in [0.4, 0.5) is 5.69 Å². The van der Waals surface area contributed by atoms with Crippen molar-refractivity contribution in [1.82, 2.24) is 24.9 Å². The third kappa shape index (κ3) is 4.07. The lowest BCUT2D eigenvalue weighted by Crippen LogP contribution is -2.25. The molecule has 1 N–H and O–H groups in total. The third-order valence-corrected chi connectivity index (χ3v) is 5.05. The molecule has 0 radical (unpaired) electrons. The fourth-order valence-electron chi connectivity index (χ4n) is 2.23. The molecule has 0 amide bonds. The highest BCUT2D eigenvalue weighted by atomic mass is 32.2. The Hall–Kier alpha value is -3.38. The first kappa shape index (κ1) is 18.4. The molecule has 3 aromatic rings. The molecule has 2 aromatic carbocycles. The molecule has 0 fully saturated rings. The van der Waals surface area contributed by atoms with Gasteiger partial charge in [-0.25, -0.2) is 13.1 Å². The molecule has 1 heterocycles. The van der Waals surface area contributed by atoms with E-state index in [0.717, 1.165) is 24.3 Å². The minimum absolute atomic E-state index is 0.100. The molecule has 0 bridgehead atoms. The van der Waals surface area contributed by atoms with Gasteiger partial charge in [0.15, 0.2) is 5.82 Å². The van der Waals surface area contributed by atoms with Crippen LogP contribution in [-0.2, 0) is 16.6 Å². The van der Waals surface area contributed by atoms with Crippen LogP contribution in [0.25, 0.3) is 5.69 Å². The summed E-state index contributed by atoms with van der Waals surface area (Å²) in [5.74, 6) is 0.929. The number of nitro benzene ring substituents is 1. The number of nitrogens with zero attached hydrogens (tertiary/aromatic N) is 5. The molecule has 27 heavy (non-hydrogen) atoms. The average Bonchev–Trinajstić information content (AvgIpc) is 3.15. The van der Waals surface area contributed by atoms with Crippen LogP contribution in [-0.4, -0.2) is 40.7 Å². The first-order valence-electron chi connectivity index (χ1n) is 7.56. The maximum atomic E-state index is 12.4. The van der Waals surface area contributed by atoms with Gasteiger partial charge in [0.05, 0.1) is 29.2 Å². The van der Waals surface area contributed by atoms with Crippen molar-refractivity contribution < 1.29 is 18.1 Å². The number of rotatable bonds is 7. The van der Waals surface area contributed by atoms with E-state index in [9.17, 15) is 18.5 Å². The SMILES string of the molecule is COc1ccc(-n2nnnc2CNS(=O)(=O)c2ccc([N+](=O)[O-])cc2)cc1. The van der Waals surface area contributed by atoms with Crippen LogP contribution in [0.2, 0.25) is 0 Å². The van der Waals surface area contributed by atoms with Crippen LogP contribution >= 0.6 is 0 Å². The fraction of sp³-hybridized carbons (Fsp3) is 0.133. The number of nitro groups is 1. The van der Waals surface area contributed by atoms with Crippen molar-refractivity contribution in [3.05, 3.63) is 64.5 Å². The maximum Gasteiger partial charge on any atom is 0.269 e. The number of methoxy groups -OCH3 is 1. The lowest BCUT2D eigenvalue weighted by atomic mass is 10.3. The second-order valence-electron chi connectivity index (χ2n) is 5.28. The first-order valence-corrected chi connectivity index (χ1v) is 9.05. The molecule has 0 atom stereocenters. The second kappa shape index (κ2) is 7.47. The van der Waals surface area contributed by atoms with Gasteiger partial charge in [-0.3, -0.25) is 10.1 Å². The standard InChI is InChI=1S/C15H14N6O5S/c1-26-13-6-2-11(3-7-13)20-15(17-18-19-20)10-16-27(24,25)14-8-4-12(5-9-14)21(22)23/h2-9,16H,10H2,1H3. The van der Waals surface area contributed by atoms with Crippen molar-refractivity contribution >= 4 is 15.7 Å². The second-order valence-corrected chi connectivity index (χ2v) is 7.05. The summed E-state index contributed by atoms with van der Waals surface area (Å²) in [5.41, 5.74) is 0.433. The van der Waals surface area contributed by atoms with E-state index < -0.39 is 14.9 Å². The van der Waals surface area contributed by atoms with E-state index >= 15 is 0 Å². The zero-order valence-corrected chi connectivity index (χ0v) is 14.8. The summed E-state index contributed by atoms with van der Waals surface area (Å²) in [7, 11) is -2.34. The van der Waals surface area contributed by atoms with Crippen LogP contribution in [0.5, 0.6) is 5.75 Å². The van der Waals surface area contributed by atoms with Crippen molar-refractivity contribution in [2.45, 2.75) is 11.4 Å². The number of sulfonamides is 1. The van der Waals surface area contributed by atoms with E-state index in [1.807, 2.05) is 0 Å². The Morgan fingerprint density at radius 1 is 1.15 bits per heavy atom. The van der Waals surface area contributed by atoms with Gasteiger partial charge in [0.1, 0.15) is 5.75 Å². The van der Waals surface area contributed by atoms with Gasteiger partial charge in [-0.2, -0.15) is 4.68 Å². The Labute approximate surface area is 153 Å². The number of non-ortho nitro benzene ring substituents is 1. The van der Waals surface area contributed by atoms with E-state index in [1.165, 1.54) is 4.68 Å². The zero-order chi connectivity index (χ0) is 19.4. The van der Waals surface area contributed by atoms with Crippen molar-refractivity contribution in [3.8, 4) is 11.4 Å². The molecule has 1 aromatic heterocycles. The molecule has 11 nitrogen and oxygen atoms in total. The van der Waals surface area contributed by atoms with Crippen LogP contribution < -0.4 is 9.46 Å². The molecule has 0 aliphatic rings. The molecule has 0 saturated heterocycles. The summed E-state index contributed by atoms with van der Waals surface area (Å²) >= 11 is 0. The lowest BCUT2D eigenvalue weighted by Gasteiger charge is -2.08. The quantitative estimate of drug-likeness (QED) is 0.466.